The van der Waals surface area contributed by atoms with Crippen LogP contribution in [0.25, 0.3) is 10.2 Å². The van der Waals surface area contributed by atoms with Crippen LogP contribution in [0.5, 0.6) is 0 Å². The highest BCUT2D eigenvalue weighted by Crippen LogP contribution is 2.22. The van der Waals surface area contributed by atoms with Gasteiger partial charge in [-0.3, -0.25) is 4.79 Å². The minimum absolute atomic E-state index is 0.0936. The molecular weight excluding hydrogens is 262 g/mol. The van der Waals surface area contributed by atoms with E-state index in [1.54, 1.807) is 4.90 Å². The molecule has 2 heterocycles. The summed E-state index contributed by atoms with van der Waals surface area (Å²) in [5.74, 6) is -0.0936. The molecule has 0 radical (unpaired) electrons. The summed E-state index contributed by atoms with van der Waals surface area (Å²) in [5, 5.41) is 13.3. The number of amides is 1. The monoisotopic (exact) mass is 277 g/mol. The second kappa shape index (κ2) is 5.24. The van der Waals surface area contributed by atoms with Gasteiger partial charge in [-0.15, -0.1) is 11.3 Å². The van der Waals surface area contributed by atoms with Crippen LogP contribution < -0.4 is 5.32 Å². The molecule has 3 rings (SSSR count). The molecule has 100 valence electrons. The molecule has 1 atom stereocenters. The molecule has 0 aliphatic carbocycles. The molecule has 6 heteroatoms. The minimum Gasteiger partial charge on any atom is -0.390 e. The molecule has 2 N–H and O–H groups in total. The van der Waals surface area contributed by atoms with E-state index in [0.717, 1.165) is 10.2 Å². The van der Waals surface area contributed by atoms with Gasteiger partial charge in [-0.05, 0) is 12.1 Å². The first-order chi connectivity index (χ1) is 9.24. The number of para-hydroxylation sites is 1. The van der Waals surface area contributed by atoms with Crippen LogP contribution in [0.1, 0.15) is 9.80 Å². The maximum Gasteiger partial charge on any atom is 0.283 e. The van der Waals surface area contributed by atoms with Crippen LogP contribution in [0.15, 0.2) is 24.3 Å². The number of thiazole rings is 1. The first-order valence-electron chi connectivity index (χ1n) is 6.27. The Bertz CT molecular complexity index is 565. The third kappa shape index (κ3) is 2.60. The van der Waals surface area contributed by atoms with Crippen LogP contribution in [-0.2, 0) is 0 Å². The van der Waals surface area contributed by atoms with Gasteiger partial charge in [-0.2, -0.15) is 0 Å². The molecule has 0 unspecified atom stereocenters. The SMILES string of the molecule is O=C(c1nc2ccccc2s1)N1CCNC[C@H](O)C1. The number of carbonyl (C=O) groups is 1. The highest BCUT2D eigenvalue weighted by molar-refractivity contribution is 7.20. The summed E-state index contributed by atoms with van der Waals surface area (Å²) in [6, 6.07) is 7.72. The Morgan fingerprint density at radius 2 is 2.32 bits per heavy atom. The van der Waals surface area contributed by atoms with Gasteiger partial charge in [0.25, 0.3) is 5.91 Å². The van der Waals surface area contributed by atoms with Crippen molar-refractivity contribution < 1.29 is 9.90 Å². The fourth-order valence-corrected chi connectivity index (χ4v) is 3.11. The molecule has 1 saturated heterocycles. The molecule has 0 bridgehead atoms. The zero-order valence-corrected chi connectivity index (χ0v) is 11.2. The van der Waals surface area contributed by atoms with Crippen LogP contribution in [0, 0.1) is 0 Å². The molecule has 2 aromatic rings. The van der Waals surface area contributed by atoms with Gasteiger partial charge in [-0.1, -0.05) is 12.1 Å². The summed E-state index contributed by atoms with van der Waals surface area (Å²) in [4.78, 5) is 18.4. The Hall–Kier alpha value is -1.50. The number of rotatable bonds is 1. The van der Waals surface area contributed by atoms with Gasteiger partial charge in [0.15, 0.2) is 5.01 Å². The quantitative estimate of drug-likeness (QED) is 0.805. The zero-order valence-electron chi connectivity index (χ0n) is 10.4. The van der Waals surface area contributed by atoms with Crippen molar-refractivity contribution in [2.24, 2.45) is 0 Å². The fraction of sp³-hybridized carbons (Fsp3) is 0.385. The van der Waals surface area contributed by atoms with E-state index >= 15 is 0 Å². The molecule has 1 aromatic carbocycles. The Balaban J connectivity index is 1.85. The van der Waals surface area contributed by atoms with Crippen molar-refractivity contribution in [3.05, 3.63) is 29.3 Å². The van der Waals surface area contributed by atoms with Gasteiger partial charge < -0.3 is 15.3 Å². The molecule has 1 aliphatic heterocycles. The van der Waals surface area contributed by atoms with Crippen LogP contribution in [0.2, 0.25) is 0 Å². The zero-order chi connectivity index (χ0) is 13.2. The highest BCUT2D eigenvalue weighted by Gasteiger charge is 2.23. The number of hydrogen-bond donors (Lipinski definition) is 2. The summed E-state index contributed by atoms with van der Waals surface area (Å²) in [6.45, 7) is 2.20. The number of fused-ring (bicyclic) bond motifs is 1. The third-order valence-electron chi connectivity index (χ3n) is 3.13. The Kier molecular flexibility index (Phi) is 3.46. The standard InChI is InChI=1S/C13H15N3O2S/c17-9-7-14-5-6-16(8-9)13(18)12-15-10-3-1-2-4-11(10)19-12/h1-4,9,14,17H,5-8H2/t9-/m0/s1. The number of nitrogens with zero attached hydrogens (tertiary/aromatic N) is 2. The first kappa shape index (κ1) is 12.5. The number of β-amino-alcohol motifs (C(OH)–C–C–N with tert-alkyl or cyclic N) is 1. The average molecular weight is 277 g/mol. The average Bonchev–Trinajstić information content (AvgIpc) is 2.73. The molecular formula is C13H15N3O2S. The van der Waals surface area contributed by atoms with Crippen LogP contribution >= 0.6 is 11.3 Å². The number of aliphatic hydroxyl groups excluding tert-OH is 1. The van der Waals surface area contributed by atoms with E-state index in [1.807, 2.05) is 24.3 Å². The number of benzene rings is 1. The lowest BCUT2D eigenvalue weighted by Gasteiger charge is -2.20. The molecule has 0 saturated carbocycles. The topological polar surface area (TPSA) is 65.5 Å². The highest BCUT2D eigenvalue weighted by atomic mass is 32.1. The lowest BCUT2D eigenvalue weighted by atomic mass is 10.3. The van der Waals surface area contributed by atoms with Gasteiger partial charge in [0, 0.05) is 26.2 Å². The van der Waals surface area contributed by atoms with E-state index in [0.29, 0.717) is 31.2 Å². The number of hydrogen-bond acceptors (Lipinski definition) is 5. The number of aromatic nitrogens is 1. The molecule has 1 aliphatic rings. The molecule has 1 aromatic heterocycles. The summed E-state index contributed by atoms with van der Waals surface area (Å²) in [5.41, 5.74) is 0.851. The summed E-state index contributed by atoms with van der Waals surface area (Å²) in [7, 11) is 0. The smallest absolute Gasteiger partial charge is 0.283 e. The van der Waals surface area contributed by atoms with Crippen molar-refractivity contribution in [1.82, 2.24) is 15.2 Å². The van der Waals surface area contributed by atoms with Crippen LogP contribution in [-0.4, -0.2) is 53.2 Å². The number of aliphatic hydroxyl groups is 1. The van der Waals surface area contributed by atoms with E-state index in [1.165, 1.54) is 11.3 Å². The first-order valence-corrected chi connectivity index (χ1v) is 7.09. The largest absolute Gasteiger partial charge is 0.390 e. The lowest BCUT2D eigenvalue weighted by Crippen LogP contribution is -2.37. The van der Waals surface area contributed by atoms with E-state index in [2.05, 4.69) is 10.3 Å². The van der Waals surface area contributed by atoms with Gasteiger partial charge in [0.1, 0.15) is 0 Å². The van der Waals surface area contributed by atoms with Crippen molar-refractivity contribution in [2.75, 3.05) is 26.2 Å². The van der Waals surface area contributed by atoms with Gasteiger partial charge in [0.2, 0.25) is 0 Å². The fourth-order valence-electron chi connectivity index (χ4n) is 2.18. The number of carbonyl (C=O) groups excluding carboxylic acids is 1. The minimum atomic E-state index is -0.513. The maximum absolute atomic E-state index is 12.4. The predicted octanol–water partition coefficient (Wildman–Crippen LogP) is 0.703. The van der Waals surface area contributed by atoms with E-state index in [4.69, 9.17) is 0 Å². The lowest BCUT2D eigenvalue weighted by molar-refractivity contribution is 0.0673. The van der Waals surface area contributed by atoms with Crippen molar-refractivity contribution in [3.8, 4) is 0 Å². The summed E-state index contributed by atoms with van der Waals surface area (Å²) in [6.07, 6.45) is -0.513. The van der Waals surface area contributed by atoms with Gasteiger partial charge >= 0.3 is 0 Å². The Morgan fingerprint density at radius 1 is 1.47 bits per heavy atom. The van der Waals surface area contributed by atoms with Crippen molar-refractivity contribution in [2.45, 2.75) is 6.10 Å². The van der Waals surface area contributed by atoms with Crippen LogP contribution in [0.3, 0.4) is 0 Å². The Morgan fingerprint density at radius 3 is 3.16 bits per heavy atom. The molecule has 19 heavy (non-hydrogen) atoms. The molecule has 0 spiro atoms. The maximum atomic E-state index is 12.4. The summed E-state index contributed by atoms with van der Waals surface area (Å²) < 4.78 is 1.01. The van der Waals surface area contributed by atoms with Crippen molar-refractivity contribution >= 4 is 27.5 Å². The molecule has 1 fully saturated rings. The van der Waals surface area contributed by atoms with Gasteiger partial charge in [0.05, 0.1) is 16.3 Å². The Labute approximate surface area is 114 Å². The predicted molar refractivity (Wildman–Crippen MR) is 74.4 cm³/mol. The summed E-state index contributed by atoms with van der Waals surface area (Å²) >= 11 is 1.40. The van der Waals surface area contributed by atoms with E-state index in [-0.39, 0.29) is 5.91 Å². The molecule has 5 nitrogen and oxygen atoms in total. The third-order valence-corrected chi connectivity index (χ3v) is 4.16. The van der Waals surface area contributed by atoms with Crippen molar-refractivity contribution in [3.63, 3.8) is 0 Å². The second-order valence-electron chi connectivity index (χ2n) is 4.60. The van der Waals surface area contributed by atoms with E-state index in [9.17, 15) is 9.90 Å². The second-order valence-corrected chi connectivity index (χ2v) is 5.63. The number of nitrogens with one attached hydrogen (secondary N) is 1. The van der Waals surface area contributed by atoms with Gasteiger partial charge in [-0.25, -0.2) is 4.98 Å². The normalized spacial score (nSPS) is 20.5. The van der Waals surface area contributed by atoms with Crippen LogP contribution in [0.4, 0.5) is 0 Å². The molecule has 1 amide bonds. The van der Waals surface area contributed by atoms with Crippen molar-refractivity contribution in [1.29, 1.82) is 0 Å². The van der Waals surface area contributed by atoms with E-state index < -0.39 is 6.10 Å².